The molecule has 2 N–H and O–H groups in total. The van der Waals surface area contributed by atoms with Gasteiger partial charge in [0.1, 0.15) is 0 Å². The molecule has 5 nitrogen and oxygen atoms in total. The summed E-state index contributed by atoms with van der Waals surface area (Å²) in [4.78, 5) is 0. The van der Waals surface area contributed by atoms with E-state index in [1.807, 2.05) is 56.7 Å². The van der Waals surface area contributed by atoms with E-state index >= 15 is 0 Å². The van der Waals surface area contributed by atoms with E-state index in [1.165, 1.54) is 0 Å². The molecule has 0 saturated carbocycles. The molecular weight excluding hydrogens is 266 g/mol. The fourth-order valence-electron chi connectivity index (χ4n) is 2.08. The van der Waals surface area contributed by atoms with Crippen LogP contribution in [0.5, 0.6) is 0 Å². The minimum atomic E-state index is -0.521. The van der Waals surface area contributed by atoms with Gasteiger partial charge in [0.25, 0.3) is 0 Å². The van der Waals surface area contributed by atoms with E-state index in [-0.39, 0.29) is 6.10 Å². The van der Waals surface area contributed by atoms with Gasteiger partial charge in [-0.15, -0.1) is 0 Å². The number of aromatic nitrogens is 2. The summed E-state index contributed by atoms with van der Waals surface area (Å²) in [5.41, 5.74) is 2.22. The molecule has 114 valence electrons. The van der Waals surface area contributed by atoms with Crippen LogP contribution in [0, 0.1) is 0 Å². The fourth-order valence-corrected chi connectivity index (χ4v) is 2.08. The predicted molar refractivity (Wildman–Crippen MR) is 81.7 cm³/mol. The highest BCUT2D eigenvalue weighted by Gasteiger charge is 2.09. The summed E-state index contributed by atoms with van der Waals surface area (Å²) in [6.45, 7) is 3.50. The summed E-state index contributed by atoms with van der Waals surface area (Å²) in [7, 11) is 1.89. The lowest BCUT2D eigenvalue weighted by Crippen LogP contribution is -2.30. The van der Waals surface area contributed by atoms with Gasteiger partial charge in [0.15, 0.2) is 0 Å². The zero-order valence-electron chi connectivity index (χ0n) is 12.6. The van der Waals surface area contributed by atoms with Gasteiger partial charge in [-0.25, -0.2) is 0 Å². The van der Waals surface area contributed by atoms with Crippen LogP contribution in [0.3, 0.4) is 0 Å². The van der Waals surface area contributed by atoms with Gasteiger partial charge in [0.2, 0.25) is 0 Å². The van der Waals surface area contributed by atoms with Gasteiger partial charge < -0.3 is 15.2 Å². The van der Waals surface area contributed by atoms with Crippen LogP contribution in [0.15, 0.2) is 42.7 Å². The van der Waals surface area contributed by atoms with E-state index in [0.717, 1.165) is 11.1 Å². The zero-order valence-corrected chi connectivity index (χ0v) is 12.6. The Morgan fingerprint density at radius 1 is 1.33 bits per heavy atom. The van der Waals surface area contributed by atoms with Crippen molar-refractivity contribution in [2.75, 3.05) is 13.2 Å². The monoisotopic (exact) mass is 289 g/mol. The van der Waals surface area contributed by atoms with Crippen molar-refractivity contribution in [3.05, 3.63) is 53.9 Å². The van der Waals surface area contributed by atoms with Crippen molar-refractivity contribution in [3.63, 3.8) is 0 Å². The average Bonchev–Trinajstić information content (AvgIpc) is 2.91. The second-order valence-corrected chi connectivity index (χ2v) is 5.19. The van der Waals surface area contributed by atoms with Crippen molar-refractivity contribution in [3.8, 4) is 0 Å². The Morgan fingerprint density at radius 2 is 2.10 bits per heavy atom. The highest BCUT2D eigenvalue weighted by molar-refractivity contribution is 5.16. The van der Waals surface area contributed by atoms with Crippen LogP contribution in [0.25, 0.3) is 0 Å². The van der Waals surface area contributed by atoms with Gasteiger partial charge in [-0.2, -0.15) is 5.10 Å². The molecule has 0 spiro atoms. The molecule has 1 aromatic carbocycles. The molecule has 0 aliphatic carbocycles. The second kappa shape index (κ2) is 7.93. The van der Waals surface area contributed by atoms with Crippen molar-refractivity contribution in [1.82, 2.24) is 15.1 Å². The van der Waals surface area contributed by atoms with E-state index in [4.69, 9.17) is 4.74 Å². The van der Waals surface area contributed by atoms with Crippen molar-refractivity contribution < 1.29 is 9.84 Å². The molecule has 0 aliphatic heterocycles. The number of rotatable bonds is 8. The fraction of sp³-hybridized carbons (Fsp3) is 0.438. The topological polar surface area (TPSA) is 59.3 Å². The summed E-state index contributed by atoms with van der Waals surface area (Å²) in [5, 5.41) is 17.2. The van der Waals surface area contributed by atoms with E-state index in [2.05, 4.69) is 10.4 Å². The highest BCUT2D eigenvalue weighted by Crippen LogP contribution is 2.15. The standard InChI is InChI=1S/C16H23N3O2/c1-13(15-6-4-3-5-7-15)21-12-16(20)10-17-8-14-9-18-19(2)11-14/h3-7,9,11,13,16-17,20H,8,10,12H2,1-2H3. The maximum Gasteiger partial charge on any atom is 0.0898 e. The van der Waals surface area contributed by atoms with Crippen molar-refractivity contribution in [2.45, 2.75) is 25.7 Å². The minimum Gasteiger partial charge on any atom is -0.389 e. The minimum absolute atomic E-state index is 0.0147. The molecule has 0 saturated heterocycles. The maximum absolute atomic E-state index is 9.92. The SMILES string of the molecule is CC(OCC(O)CNCc1cnn(C)c1)c1ccccc1. The van der Waals surface area contributed by atoms with E-state index in [0.29, 0.717) is 19.7 Å². The first-order valence-corrected chi connectivity index (χ1v) is 7.18. The van der Waals surface area contributed by atoms with Crippen LogP contribution in [0.4, 0.5) is 0 Å². The molecule has 0 bridgehead atoms. The molecule has 2 rings (SSSR count). The summed E-state index contributed by atoms with van der Waals surface area (Å²) in [6.07, 6.45) is 3.23. The Balaban J connectivity index is 1.64. The molecular formula is C16H23N3O2. The van der Waals surface area contributed by atoms with Crippen molar-refractivity contribution >= 4 is 0 Å². The van der Waals surface area contributed by atoms with Gasteiger partial charge in [-0.1, -0.05) is 30.3 Å². The third-order valence-corrected chi connectivity index (χ3v) is 3.28. The van der Waals surface area contributed by atoms with Gasteiger partial charge in [-0.3, -0.25) is 4.68 Å². The van der Waals surface area contributed by atoms with Crippen LogP contribution < -0.4 is 5.32 Å². The van der Waals surface area contributed by atoms with Crippen LogP contribution in [-0.2, 0) is 18.3 Å². The van der Waals surface area contributed by atoms with Crippen molar-refractivity contribution in [2.24, 2.45) is 7.05 Å². The van der Waals surface area contributed by atoms with Crippen LogP contribution in [0.2, 0.25) is 0 Å². The largest absolute Gasteiger partial charge is 0.389 e. The summed E-state index contributed by atoms with van der Waals surface area (Å²) in [6, 6.07) is 10.0. The number of aliphatic hydroxyl groups excluding tert-OH is 1. The lowest BCUT2D eigenvalue weighted by molar-refractivity contribution is -0.00212. The van der Waals surface area contributed by atoms with E-state index in [1.54, 1.807) is 4.68 Å². The van der Waals surface area contributed by atoms with Gasteiger partial charge >= 0.3 is 0 Å². The number of nitrogens with zero attached hydrogens (tertiary/aromatic N) is 2. The number of ether oxygens (including phenoxy) is 1. The molecule has 1 aromatic heterocycles. The normalized spacial score (nSPS) is 14.0. The lowest BCUT2D eigenvalue weighted by atomic mass is 10.1. The number of hydrogen-bond donors (Lipinski definition) is 2. The van der Waals surface area contributed by atoms with Gasteiger partial charge in [0, 0.05) is 31.9 Å². The summed E-state index contributed by atoms with van der Waals surface area (Å²) in [5.74, 6) is 0. The molecule has 0 amide bonds. The molecule has 5 heteroatoms. The smallest absolute Gasteiger partial charge is 0.0898 e. The van der Waals surface area contributed by atoms with E-state index < -0.39 is 6.10 Å². The molecule has 21 heavy (non-hydrogen) atoms. The quantitative estimate of drug-likeness (QED) is 0.776. The number of benzene rings is 1. The second-order valence-electron chi connectivity index (χ2n) is 5.19. The predicted octanol–water partition coefficient (Wildman–Crippen LogP) is 1.65. The Bertz CT molecular complexity index is 527. The summed E-state index contributed by atoms with van der Waals surface area (Å²) >= 11 is 0. The molecule has 2 aromatic rings. The first kappa shape index (κ1) is 15.7. The number of hydrogen-bond acceptors (Lipinski definition) is 4. The molecule has 0 radical (unpaired) electrons. The average molecular weight is 289 g/mol. The third-order valence-electron chi connectivity index (χ3n) is 3.28. The first-order valence-electron chi connectivity index (χ1n) is 7.18. The molecule has 0 aliphatic rings. The van der Waals surface area contributed by atoms with Crippen LogP contribution >= 0.6 is 0 Å². The number of nitrogens with one attached hydrogen (secondary N) is 1. The summed E-state index contributed by atoms with van der Waals surface area (Å²) < 4.78 is 7.45. The van der Waals surface area contributed by atoms with Crippen LogP contribution in [-0.4, -0.2) is 34.1 Å². The Morgan fingerprint density at radius 3 is 2.76 bits per heavy atom. The third kappa shape index (κ3) is 5.30. The lowest BCUT2D eigenvalue weighted by Gasteiger charge is -2.17. The molecule has 2 unspecified atom stereocenters. The van der Waals surface area contributed by atoms with Crippen molar-refractivity contribution in [1.29, 1.82) is 0 Å². The Labute approximate surface area is 125 Å². The maximum atomic E-state index is 9.92. The van der Waals surface area contributed by atoms with Crippen LogP contribution in [0.1, 0.15) is 24.2 Å². The first-order chi connectivity index (χ1) is 10.1. The Hall–Kier alpha value is -1.69. The molecule has 0 fully saturated rings. The zero-order chi connectivity index (χ0) is 15.1. The number of aryl methyl sites for hydroxylation is 1. The van der Waals surface area contributed by atoms with Gasteiger partial charge in [0.05, 0.1) is 25.0 Å². The van der Waals surface area contributed by atoms with E-state index in [9.17, 15) is 5.11 Å². The molecule has 1 heterocycles. The number of aliphatic hydroxyl groups is 1. The van der Waals surface area contributed by atoms with Gasteiger partial charge in [-0.05, 0) is 12.5 Å². The molecule has 2 atom stereocenters. The highest BCUT2D eigenvalue weighted by atomic mass is 16.5. The Kier molecular flexibility index (Phi) is 5.92.